The quantitative estimate of drug-likeness (QED) is 0.557. The lowest BCUT2D eigenvalue weighted by atomic mass is 9.93. The molecule has 2 aromatic carbocycles. The number of nitrogens with two attached hydrogens (primary N) is 1. The Balaban J connectivity index is 0.00000289. The van der Waals surface area contributed by atoms with Gasteiger partial charge in [-0.1, -0.05) is 30.3 Å². The predicted molar refractivity (Wildman–Crippen MR) is 128 cm³/mol. The number of halogens is 1. The number of para-hydroxylation sites is 1. The van der Waals surface area contributed by atoms with Gasteiger partial charge in [0.15, 0.2) is 0 Å². The molecule has 0 atom stereocenters. The monoisotopic (exact) mass is 450 g/mol. The normalized spacial score (nSPS) is 20.2. The molecule has 1 saturated heterocycles. The van der Waals surface area contributed by atoms with E-state index in [0.29, 0.717) is 5.56 Å². The number of rotatable bonds is 7. The number of quaternary nitrogens is 1. The van der Waals surface area contributed by atoms with Crippen molar-refractivity contribution < 1.29 is 4.79 Å². The minimum absolute atomic E-state index is 0. The molecule has 3 aromatic rings. The number of hydrogen-bond donors (Lipinski definition) is 1. The van der Waals surface area contributed by atoms with Crippen LogP contribution in [0.25, 0.3) is 0 Å². The summed E-state index contributed by atoms with van der Waals surface area (Å²) in [4.78, 5) is 16.1. The third-order valence-corrected chi connectivity index (χ3v) is 6.55. The highest BCUT2D eigenvalue weighted by molar-refractivity contribution is 5.85. The van der Waals surface area contributed by atoms with Gasteiger partial charge in [-0.15, -0.1) is 12.4 Å². The highest BCUT2D eigenvalue weighted by Crippen LogP contribution is 2.31. The van der Waals surface area contributed by atoms with Crippen molar-refractivity contribution in [2.45, 2.75) is 25.8 Å². The van der Waals surface area contributed by atoms with Crippen molar-refractivity contribution in [3.05, 3.63) is 83.9 Å². The molecular weight excluding hydrogens is 422 g/mol. The number of benzene rings is 2. The fourth-order valence-electron chi connectivity index (χ4n) is 4.61. The van der Waals surface area contributed by atoms with Crippen LogP contribution in [0.1, 0.15) is 29.7 Å². The summed E-state index contributed by atoms with van der Waals surface area (Å²) in [6.07, 6.45) is 6.37. The van der Waals surface area contributed by atoms with Crippen molar-refractivity contribution >= 4 is 24.0 Å². The molecule has 1 aliphatic rings. The lowest BCUT2D eigenvalue weighted by Crippen LogP contribution is -2.56. The molecule has 0 saturated carbocycles. The molecule has 4 rings (SSSR count). The minimum Gasteiger partial charge on any atom is -0.369 e. The minimum atomic E-state index is -0.175. The van der Waals surface area contributed by atoms with Crippen molar-refractivity contribution in [2.75, 3.05) is 19.6 Å². The summed E-state index contributed by atoms with van der Waals surface area (Å²) in [6.45, 7) is 3.52. The Bertz CT molecular complexity index is 1060. The van der Waals surface area contributed by atoms with Crippen molar-refractivity contribution in [2.24, 2.45) is 11.7 Å². The van der Waals surface area contributed by atoms with Crippen LogP contribution in [-0.4, -0.2) is 35.1 Å². The molecular formula is C25H29ClN5O+. The van der Waals surface area contributed by atoms with Crippen LogP contribution in [0.3, 0.4) is 0 Å². The topological polar surface area (TPSA) is 84.7 Å². The van der Waals surface area contributed by atoms with Crippen molar-refractivity contribution in [1.29, 1.82) is 5.26 Å². The van der Waals surface area contributed by atoms with Crippen LogP contribution in [0.4, 0.5) is 5.69 Å². The summed E-state index contributed by atoms with van der Waals surface area (Å²) in [5.41, 5.74) is 9.88. The zero-order valence-corrected chi connectivity index (χ0v) is 18.9. The van der Waals surface area contributed by atoms with Gasteiger partial charge in [-0.3, -0.25) is 9.28 Å². The van der Waals surface area contributed by atoms with Gasteiger partial charge in [0.2, 0.25) is 5.91 Å². The van der Waals surface area contributed by atoms with Crippen LogP contribution in [0.15, 0.2) is 67.1 Å². The van der Waals surface area contributed by atoms with Crippen LogP contribution in [0, 0.1) is 17.2 Å². The number of aromatic nitrogens is 2. The maximum atomic E-state index is 11.7. The van der Waals surface area contributed by atoms with E-state index >= 15 is 0 Å². The maximum Gasteiger partial charge on any atom is 0.220 e. The first-order chi connectivity index (χ1) is 15.1. The zero-order chi connectivity index (χ0) is 21.7. The summed E-state index contributed by atoms with van der Waals surface area (Å²) in [5.74, 6) is -0.191. The first kappa shape index (κ1) is 23.5. The smallest absolute Gasteiger partial charge is 0.220 e. The number of piperidine rings is 1. The molecule has 1 fully saturated rings. The van der Waals surface area contributed by atoms with Crippen molar-refractivity contribution in [1.82, 2.24) is 14.0 Å². The first-order valence-corrected chi connectivity index (χ1v) is 10.8. The average Bonchev–Trinajstić information content (AvgIpc) is 3.26. The molecule has 0 spiro atoms. The number of carbonyl (C=O) groups excluding carboxylic acids is 1. The molecule has 7 heteroatoms. The van der Waals surface area contributed by atoms with Gasteiger partial charge in [0.05, 0.1) is 37.6 Å². The van der Waals surface area contributed by atoms with E-state index in [4.69, 9.17) is 11.0 Å². The number of primary amides is 1. The highest BCUT2D eigenvalue weighted by atomic mass is 35.5. The maximum absolute atomic E-state index is 11.7. The van der Waals surface area contributed by atoms with Gasteiger partial charge in [0.25, 0.3) is 0 Å². The van der Waals surface area contributed by atoms with E-state index in [9.17, 15) is 4.79 Å². The fourth-order valence-corrected chi connectivity index (χ4v) is 4.61. The molecule has 6 nitrogen and oxygen atoms in total. The van der Waals surface area contributed by atoms with E-state index in [0.717, 1.165) is 55.5 Å². The summed E-state index contributed by atoms with van der Waals surface area (Å²) in [7, 11) is 0. The second kappa shape index (κ2) is 10.4. The molecule has 2 heterocycles. The Hall–Kier alpha value is -3.14. The zero-order valence-electron chi connectivity index (χ0n) is 18.1. The summed E-state index contributed by atoms with van der Waals surface area (Å²) < 4.78 is 3.05. The summed E-state index contributed by atoms with van der Waals surface area (Å²) >= 11 is 0. The van der Waals surface area contributed by atoms with E-state index in [2.05, 4.69) is 39.9 Å². The molecule has 1 aromatic heterocycles. The van der Waals surface area contributed by atoms with Crippen LogP contribution >= 0.6 is 12.4 Å². The standard InChI is InChI=1S/C25H27N5O.ClH/c26-16-20-6-8-21(9-7-20)18-29-19-28-17-23(29)12-15-30(24-4-2-1-3-5-24)13-10-22(11-14-30)25(27)31;/h1-9,17,19,22H,10-15,18H2,(H-,27,31);1H/p+1. The van der Waals surface area contributed by atoms with E-state index in [1.807, 2.05) is 42.9 Å². The lowest BCUT2D eigenvalue weighted by Gasteiger charge is -2.43. The molecule has 2 N–H and O–H groups in total. The van der Waals surface area contributed by atoms with E-state index < -0.39 is 0 Å². The lowest BCUT2D eigenvalue weighted by molar-refractivity contribution is -0.123. The van der Waals surface area contributed by atoms with Crippen molar-refractivity contribution in [3.63, 3.8) is 0 Å². The Labute approximate surface area is 195 Å². The molecule has 1 amide bonds. The van der Waals surface area contributed by atoms with Crippen molar-refractivity contribution in [3.8, 4) is 6.07 Å². The van der Waals surface area contributed by atoms with Crippen LogP contribution in [0.2, 0.25) is 0 Å². The van der Waals surface area contributed by atoms with Gasteiger partial charge >= 0.3 is 0 Å². The van der Waals surface area contributed by atoms with Gasteiger partial charge in [-0.25, -0.2) is 4.98 Å². The number of carbonyl (C=O) groups is 1. The molecule has 0 radical (unpaired) electrons. The second-order valence-corrected chi connectivity index (χ2v) is 8.40. The third kappa shape index (κ3) is 5.18. The first-order valence-electron chi connectivity index (χ1n) is 10.8. The van der Waals surface area contributed by atoms with Crippen LogP contribution in [-0.2, 0) is 17.8 Å². The second-order valence-electron chi connectivity index (χ2n) is 8.40. The van der Waals surface area contributed by atoms with Gasteiger partial charge < -0.3 is 10.3 Å². The molecule has 32 heavy (non-hydrogen) atoms. The Morgan fingerprint density at radius 1 is 1.12 bits per heavy atom. The van der Waals surface area contributed by atoms with E-state index in [1.54, 1.807) is 0 Å². The van der Waals surface area contributed by atoms with Gasteiger partial charge in [0.1, 0.15) is 5.69 Å². The largest absolute Gasteiger partial charge is 0.369 e. The van der Waals surface area contributed by atoms with Gasteiger partial charge in [0, 0.05) is 43.6 Å². The predicted octanol–water partition coefficient (Wildman–Crippen LogP) is 3.67. The molecule has 0 unspecified atom stereocenters. The average molecular weight is 451 g/mol. The number of hydrogen-bond acceptors (Lipinski definition) is 3. The van der Waals surface area contributed by atoms with Gasteiger partial charge in [-0.2, -0.15) is 5.26 Å². The number of amides is 1. The molecule has 1 aliphatic heterocycles. The van der Waals surface area contributed by atoms with E-state index in [-0.39, 0.29) is 24.2 Å². The van der Waals surface area contributed by atoms with Crippen LogP contribution < -0.4 is 10.2 Å². The van der Waals surface area contributed by atoms with E-state index in [1.165, 1.54) is 11.4 Å². The Morgan fingerprint density at radius 3 is 2.44 bits per heavy atom. The number of likely N-dealkylation sites (tertiary alicyclic amines) is 1. The highest BCUT2D eigenvalue weighted by Gasteiger charge is 2.37. The molecule has 166 valence electrons. The number of nitriles is 1. The van der Waals surface area contributed by atoms with Crippen LogP contribution in [0.5, 0.6) is 0 Å². The SMILES string of the molecule is Cl.N#Cc1ccc(Cn2cncc2CC[N+]2(c3ccccc3)CCC(C(N)=O)CC2)cc1. The molecule has 0 aliphatic carbocycles. The summed E-state index contributed by atoms with van der Waals surface area (Å²) in [6, 6.07) is 20.5. The third-order valence-electron chi connectivity index (χ3n) is 6.55. The van der Waals surface area contributed by atoms with Gasteiger partial charge in [-0.05, 0) is 29.8 Å². The molecule has 0 bridgehead atoms. The number of imidazole rings is 1. The Morgan fingerprint density at radius 2 is 1.81 bits per heavy atom. The fraction of sp³-hybridized carbons (Fsp3) is 0.320. The Kier molecular flexibility index (Phi) is 7.68. The number of nitrogens with zero attached hydrogens (tertiary/aromatic N) is 4. The summed E-state index contributed by atoms with van der Waals surface area (Å²) in [5, 5.41) is 9.00.